The molecule has 32 heavy (non-hydrogen) atoms. The summed E-state index contributed by atoms with van der Waals surface area (Å²) < 4.78 is 5.88. The number of fused-ring (bicyclic) bond motifs is 2. The molecule has 0 aromatic heterocycles. The van der Waals surface area contributed by atoms with E-state index < -0.39 is 0 Å². The van der Waals surface area contributed by atoms with E-state index in [-0.39, 0.29) is 32.4 Å². The summed E-state index contributed by atoms with van der Waals surface area (Å²) in [4.78, 5) is 24.8. The predicted molar refractivity (Wildman–Crippen MR) is 129 cm³/mol. The molecule has 4 rings (SSSR count). The molecule has 1 N–H and O–H groups in total. The number of Topliss-reactive ketones (excluding diaryl/α,β-unsaturated/α-hetero) is 1. The third-order valence-corrected chi connectivity index (χ3v) is 6.53. The Bertz CT molecular complexity index is 1370. The lowest BCUT2D eigenvalue weighted by Crippen LogP contribution is -2.16. The van der Waals surface area contributed by atoms with E-state index in [2.05, 4.69) is 20.8 Å². The average molecular weight is 469 g/mol. The van der Waals surface area contributed by atoms with Gasteiger partial charge in [-0.05, 0) is 23.1 Å². The lowest BCUT2D eigenvalue weighted by Gasteiger charge is -2.21. The number of hydrogen-bond donors (Lipinski definition) is 1. The first-order valence-electron chi connectivity index (χ1n) is 10.3. The Labute approximate surface area is 195 Å². The number of carbonyl (C=O) groups excluding carboxylic acids is 1. The molecule has 0 saturated carbocycles. The lowest BCUT2D eigenvalue weighted by atomic mass is 9.83. The van der Waals surface area contributed by atoms with Gasteiger partial charge in [0.2, 0.25) is 5.43 Å². The van der Waals surface area contributed by atoms with Crippen LogP contribution in [0.5, 0.6) is 5.75 Å². The monoisotopic (exact) mass is 468 g/mol. The van der Waals surface area contributed by atoms with Crippen molar-refractivity contribution in [2.24, 2.45) is 5.41 Å². The molecular weight excluding hydrogens is 447 g/mol. The number of phenolic OH excluding ortho intramolecular Hbond substituents is 1. The standard InChI is InChI=1S/C26H22Cl2O4/c1-4-26(2,3)13-22(31)14-5-7-15(8-6-14)25-16-9-18(27)20(29)11-23(16)32-24-12-21(30)19(28)10-17(24)25/h5-12,29H,4,13H2,1-3H3. The van der Waals surface area contributed by atoms with Gasteiger partial charge in [-0.3, -0.25) is 9.59 Å². The fourth-order valence-corrected chi connectivity index (χ4v) is 4.02. The summed E-state index contributed by atoms with van der Waals surface area (Å²) in [5.74, 6) is 0.311. The fraction of sp³-hybridized carbons (Fsp3) is 0.231. The first kappa shape index (κ1) is 22.4. The maximum Gasteiger partial charge on any atom is 0.200 e. The minimum absolute atomic E-state index is 0.0609. The van der Waals surface area contributed by atoms with Crippen LogP contribution in [-0.2, 0) is 0 Å². The highest BCUT2D eigenvalue weighted by molar-refractivity contribution is 6.33. The van der Waals surface area contributed by atoms with E-state index >= 15 is 0 Å². The third kappa shape index (κ3) is 4.13. The number of ketones is 1. The largest absolute Gasteiger partial charge is 0.506 e. The van der Waals surface area contributed by atoms with Crippen LogP contribution in [0.15, 0.2) is 57.7 Å². The minimum atomic E-state index is -0.356. The molecule has 164 valence electrons. The number of halogens is 2. The number of benzene rings is 3. The van der Waals surface area contributed by atoms with E-state index in [9.17, 15) is 14.7 Å². The van der Waals surface area contributed by atoms with Gasteiger partial charge in [-0.2, -0.15) is 0 Å². The van der Waals surface area contributed by atoms with Crippen molar-refractivity contribution < 1.29 is 14.3 Å². The van der Waals surface area contributed by atoms with Gasteiger partial charge in [-0.1, -0.05) is 74.7 Å². The molecule has 0 spiro atoms. The van der Waals surface area contributed by atoms with Crippen LogP contribution in [0.25, 0.3) is 33.4 Å². The molecule has 1 aliphatic carbocycles. The molecule has 0 saturated heterocycles. The van der Waals surface area contributed by atoms with Crippen LogP contribution < -0.4 is 5.43 Å². The average Bonchev–Trinajstić information content (AvgIpc) is 2.74. The van der Waals surface area contributed by atoms with Crippen LogP contribution >= 0.6 is 23.2 Å². The molecule has 2 aromatic rings. The predicted octanol–water partition coefficient (Wildman–Crippen LogP) is 7.59. The molecule has 6 heteroatoms. The van der Waals surface area contributed by atoms with Gasteiger partial charge in [-0.25, -0.2) is 0 Å². The van der Waals surface area contributed by atoms with Gasteiger partial charge in [-0.15, -0.1) is 0 Å². The van der Waals surface area contributed by atoms with E-state index in [1.54, 1.807) is 24.3 Å². The molecule has 0 radical (unpaired) electrons. The highest BCUT2D eigenvalue weighted by Crippen LogP contribution is 2.43. The van der Waals surface area contributed by atoms with Crippen LogP contribution in [0.4, 0.5) is 0 Å². The van der Waals surface area contributed by atoms with Gasteiger partial charge in [0.1, 0.15) is 17.1 Å². The van der Waals surface area contributed by atoms with E-state index in [0.717, 1.165) is 17.5 Å². The smallest absolute Gasteiger partial charge is 0.200 e. The number of rotatable bonds is 5. The summed E-state index contributed by atoms with van der Waals surface area (Å²) in [6, 6.07) is 13.3. The Morgan fingerprint density at radius 2 is 1.72 bits per heavy atom. The van der Waals surface area contributed by atoms with E-state index in [1.165, 1.54) is 12.1 Å². The Balaban J connectivity index is 1.91. The number of aromatic hydroxyl groups is 1. The molecule has 2 aromatic carbocycles. The third-order valence-electron chi connectivity index (χ3n) is 5.93. The van der Waals surface area contributed by atoms with E-state index in [4.69, 9.17) is 27.6 Å². The second-order valence-corrected chi connectivity index (χ2v) is 9.57. The van der Waals surface area contributed by atoms with Gasteiger partial charge in [0.25, 0.3) is 0 Å². The number of hydrogen-bond acceptors (Lipinski definition) is 4. The normalized spacial score (nSPS) is 11.9. The quantitative estimate of drug-likeness (QED) is 0.242. The zero-order chi connectivity index (χ0) is 23.2. The van der Waals surface area contributed by atoms with Gasteiger partial charge in [0.05, 0.1) is 10.0 Å². The highest BCUT2D eigenvalue weighted by atomic mass is 35.5. The lowest BCUT2D eigenvalue weighted by molar-refractivity contribution is 0.0928. The zero-order valence-corrected chi connectivity index (χ0v) is 19.5. The van der Waals surface area contributed by atoms with Gasteiger partial charge < -0.3 is 9.52 Å². The Morgan fingerprint density at radius 1 is 1.03 bits per heavy atom. The Kier molecular flexibility index (Phi) is 5.78. The molecule has 2 aliphatic rings. The summed E-state index contributed by atoms with van der Waals surface area (Å²) >= 11 is 12.3. The second-order valence-electron chi connectivity index (χ2n) is 8.75. The van der Waals surface area contributed by atoms with E-state index in [0.29, 0.717) is 34.3 Å². The minimum Gasteiger partial charge on any atom is -0.506 e. The zero-order valence-electron chi connectivity index (χ0n) is 18.0. The van der Waals surface area contributed by atoms with Crippen molar-refractivity contribution in [3.63, 3.8) is 0 Å². The molecule has 0 bridgehead atoms. The summed E-state index contributed by atoms with van der Waals surface area (Å²) in [5, 5.41) is 11.0. The molecule has 0 atom stereocenters. The van der Waals surface area contributed by atoms with Crippen molar-refractivity contribution >= 4 is 40.0 Å². The second kappa shape index (κ2) is 8.27. The summed E-state index contributed by atoms with van der Waals surface area (Å²) in [6.07, 6.45) is 1.38. The number of carbonyl (C=O) groups is 1. The van der Waals surface area contributed by atoms with Gasteiger partial charge in [0, 0.05) is 40.6 Å². The summed E-state index contributed by atoms with van der Waals surface area (Å²) in [6.45, 7) is 6.24. The van der Waals surface area contributed by atoms with Crippen molar-refractivity contribution in [3.05, 3.63) is 74.4 Å². The van der Waals surface area contributed by atoms with E-state index in [1.807, 2.05) is 12.1 Å². The molecule has 1 heterocycles. The fourth-order valence-electron chi connectivity index (χ4n) is 3.70. The topological polar surface area (TPSA) is 67.5 Å². The molecule has 0 unspecified atom stereocenters. The molecular formula is C26H22Cl2O4. The molecule has 0 amide bonds. The maximum absolute atomic E-state index is 12.7. The Hall–Kier alpha value is -2.82. The van der Waals surface area contributed by atoms with Crippen LogP contribution in [0.3, 0.4) is 0 Å². The van der Waals surface area contributed by atoms with Crippen LogP contribution in [-0.4, -0.2) is 10.9 Å². The highest BCUT2D eigenvalue weighted by Gasteiger charge is 2.22. The van der Waals surface area contributed by atoms with Gasteiger partial charge >= 0.3 is 0 Å². The van der Waals surface area contributed by atoms with Crippen molar-refractivity contribution in [1.29, 1.82) is 0 Å². The maximum atomic E-state index is 12.7. The summed E-state index contributed by atoms with van der Waals surface area (Å²) in [5.41, 5.74) is 2.78. The SMILES string of the molecule is CCC(C)(C)CC(=O)c1ccc(-c2c3cc(Cl)c(=O)cc-3oc3cc(O)c(Cl)cc23)cc1. The van der Waals surface area contributed by atoms with Crippen molar-refractivity contribution in [1.82, 2.24) is 0 Å². The van der Waals surface area contributed by atoms with Crippen LogP contribution in [0.1, 0.15) is 44.0 Å². The van der Waals surface area contributed by atoms with Crippen LogP contribution in [0.2, 0.25) is 10.0 Å². The Morgan fingerprint density at radius 3 is 2.38 bits per heavy atom. The van der Waals surface area contributed by atoms with Crippen molar-refractivity contribution in [2.45, 2.75) is 33.6 Å². The first-order valence-corrected chi connectivity index (χ1v) is 11.1. The molecule has 1 aliphatic heterocycles. The number of phenols is 1. The summed E-state index contributed by atoms with van der Waals surface area (Å²) in [7, 11) is 0. The van der Waals surface area contributed by atoms with Gasteiger partial charge in [0.15, 0.2) is 5.78 Å². The van der Waals surface area contributed by atoms with Crippen molar-refractivity contribution in [2.75, 3.05) is 0 Å². The first-order chi connectivity index (χ1) is 15.1. The molecule has 4 nitrogen and oxygen atoms in total. The van der Waals surface area contributed by atoms with Crippen LogP contribution in [0, 0.1) is 5.41 Å². The van der Waals surface area contributed by atoms with Crippen molar-refractivity contribution in [3.8, 4) is 28.2 Å². The molecule has 0 fully saturated rings.